The van der Waals surface area contributed by atoms with Crippen molar-refractivity contribution in [2.24, 2.45) is 0 Å². The molecule has 0 bridgehead atoms. The first-order chi connectivity index (χ1) is 11.2. The number of nitrogens with zero attached hydrogens (tertiary/aromatic N) is 1. The van der Waals surface area contributed by atoms with Crippen LogP contribution in [0.4, 0.5) is 11.5 Å². The lowest BCUT2D eigenvalue weighted by Gasteiger charge is -2.07. The Hall–Kier alpha value is -2.79. The molecule has 0 saturated heterocycles. The van der Waals surface area contributed by atoms with Crippen molar-refractivity contribution in [1.82, 2.24) is 4.98 Å². The molecule has 6 heteroatoms. The van der Waals surface area contributed by atoms with Crippen LogP contribution in [-0.4, -0.2) is 10.9 Å². The number of amides is 1. The predicted octanol–water partition coefficient (Wildman–Crippen LogP) is 4.19. The van der Waals surface area contributed by atoms with Gasteiger partial charge in [0.15, 0.2) is 0 Å². The second-order valence-electron chi connectivity index (χ2n) is 4.83. The molecule has 1 aromatic carbocycles. The SMILES string of the molecule is O=C(Nc1ccc(NCc2ccco2)nc1)c1cccc(Cl)c1. The van der Waals surface area contributed by atoms with Gasteiger partial charge >= 0.3 is 0 Å². The number of hydrogen-bond acceptors (Lipinski definition) is 4. The summed E-state index contributed by atoms with van der Waals surface area (Å²) in [5, 5.41) is 6.43. The van der Waals surface area contributed by atoms with Crippen LogP contribution in [0.2, 0.25) is 5.02 Å². The number of pyridine rings is 1. The summed E-state index contributed by atoms with van der Waals surface area (Å²) in [6, 6.07) is 14.1. The molecule has 3 aromatic rings. The lowest BCUT2D eigenvalue weighted by molar-refractivity contribution is 0.102. The van der Waals surface area contributed by atoms with Gasteiger partial charge in [0.1, 0.15) is 11.6 Å². The van der Waals surface area contributed by atoms with Gasteiger partial charge in [0.2, 0.25) is 0 Å². The fourth-order valence-corrected chi connectivity index (χ4v) is 2.19. The van der Waals surface area contributed by atoms with Crippen LogP contribution in [0.5, 0.6) is 0 Å². The maximum absolute atomic E-state index is 12.1. The van der Waals surface area contributed by atoms with E-state index in [1.54, 1.807) is 48.9 Å². The number of aromatic nitrogens is 1. The van der Waals surface area contributed by atoms with Gasteiger partial charge in [0.05, 0.1) is 24.7 Å². The van der Waals surface area contributed by atoms with E-state index < -0.39 is 0 Å². The van der Waals surface area contributed by atoms with Crippen molar-refractivity contribution in [3.05, 3.63) is 77.3 Å². The molecule has 0 aliphatic carbocycles. The molecule has 3 rings (SSSR count). The quantitative estimate of drug-likeness (QED) is 0.737. The normalized spacial score (nSPS) is 10.3. The lowest BCUT2D eigenvalue weighted by atomic mass is 10.2. The van der Waals surface area contributed by atoms with Crippen LogP contribution in [0, 0.1) is 0 Å². The first-order valence-corrected chi connectivity index (χ1v) is 7.38. The van der Waals surface area contributed by atoms with Crippen LogP contribution >= 0.6 is 11.6 Å². The van der Waals surface area contributed by atoms with E-state index in [2.05, 4.69) is 15.6 Å². The Balaban J connectivity index is 1.59. The van der Waals surface area contributed by atoms with Crippen LogP contribution in [-0.2, 0) is 6.54 Å². The highest BCUT2D eigenvalue weighted by Crippen LogP contribution is 2.15. The van der Waals surface area contributed by atoms with Crippen LogP contribution in [0.1, 0.15) is 16.1 Å². The molecule has 116 valence electrons. The molecular weight excluding hydrogens is 314 g/mol. The number of benzene rings is 1. The highest BCUT2D eigenvalue weighted by molar-refractivity contribution is 6.31. The van der Waals surface area contributed by atoms with E-state index in [1.807, 2.05) is 12.1 Å². The Morgan fingerprint density at radius 3 is 2.78 bits per heavy atom. The number of rotatable bonds is 5. The highest BCUT2D eigenvalue weighted by Gasteiger charge is 2.07. The van der Waals surface area contributed by atoms with E-state index in [1.165, 1.54) is 0 Å². The molecule has 0 fully saturated rings. The second kappa shape index (κ2) is 6.98. The molecule has 0 aliphatic heterocycles. The smallest absolute Gasteiger partial charge is 0.255 e. The van der Waals surface area contributed by atoms with Crippen molar-refractivity contribution < 1.29 is 9.21 Å². The number of carbonyl (C=O) groups is 1. The zero-order valence-electron chi connectivity index (χ0n) is 12.1. The molecule has 2 heterocycles. The van der Waals surface area contributed by atoms with Gasteiger partial charge in [-0.15, -0.1) is 0 Å². The second-order valence-corrected chi connectivity index (χ2v) is 5.27. The highest BCUT2D eigenvalue weighted by atomic mass is 35.5. The van der Waals surface area contributed by atoms with Gasteiger partial charge in [-0.1, -0.05) is 17.7 Å². The number of nitrogens with one attached hydrogen (secondary N) is 2. The molecule has 5 nitrogen and oxygen atoms in total. The lowest BCUT2D eigenvalue weighted by Crippen LogP contribution is -2.12. The minimum absolute atomic E-state index is 0.231. The van der Waals surface area contributed by atoms with E-state index in [0.717, 1.165) is 5.76 Å². The van der Waals surface area contributed by atoms with Crippen LogP contribution in [0.3, 0.4) is 0 Å². The van der Waals surface area contributed by atoms with Crippen molar-refractivity contribution in [1.29, 1.82) is 0 Å². The van der Waals surface area contributed by atoms with Gasteiger partial charge in [-0.25, -0.2) is 4.98 Å². The molecule has 23 heavy (non-hydrogen) atoms. The maximum Gasteiger partial charge on any atom is 0.255 e. The maximum atomic E-state index is 12.1. The summed E-state index contributed by atoms with van der Waals surface area (Å²) >= 11 is 5.88. The zero-order chi connectivity index (χ0) is 16.1. The van der Waals surface area contributed by atoms with Crippen LogP contribution in [0.15, 0.2) is 65.4 Å². The van der Waals surface area contributed by atoms with Gasteiger partial charge in [-0.2, -0.15) is 0 Å². The molecule has 0 saturated carbocycles. The van der Waals surface area contributed by atoms with Crippen molar-refractivity contribution >= 4 is 29.0 Å². The summed E-state index contributed by atoms with van der Waals surface area (Å²) in [4.78, 5) is 16.4. The minimum atomic E-state index is -0.231. The summed E-state index contributed by atoms with van der Waals surface area (Å²) in [6.07, 6.45) is 3.21. The zero-order valence-corrected chi connectivity index (χ0v) is 12.9. The van der Waals surface area contributed by atoms with Crippen LogP contribution in [0.25, 0.3) is 0 Å². The summed E-state index contributed by atoms with van der Waals surface area (Å²) < 4.78 is 5.23. The van der Waals surface area contributed by atoms with E-state index >= 15 is 0 Å². The monoisotopic (exact) mass is 327 g/mol. The summed E-state index contributed by atoms with van der Waals surface area (Å²) in [5.74, 6) is 1.29. The fraction of sp³-hybridized carbons (Fsp3) is 0.0588. The summed E-state index contributed by atoms with van der Waals surface area (Å²) in [5.41, 5.74) is 1.11. The molecule has 2 N–H and O–H groups in total. The predicted molar refractivity (Wildman–Crippen MR) is 89.7 cm³/mol. The largest absolute Gasteiger partial charge is 0.467 e. The molecule has 0 radical (unpaired) electrons. The Kier molecular flexibility index (Phi) is 4.59. The Bertz CT molecular complexity index is 786. The van der Waals surface area contributed by atoms with E-state index in [0.29, 0.717) is 28.6 Å². The van der Waals surface area contributed by atoms with Crippen molar-refractivity contribution in [2.75, 3.05) is 10.6 Å². The summed E-state index contributed by atoms with van der Waals surface area (Å²) in [7, 11) is 0. The van der Waals surface area contributed by atoms with Gasteiger partial charge in [0.25, 0.3) is 5.91 Å². The van der Waals surface area contributed by atoms with Gasteiger partial charge in [-0.05, 0) is 42.5 Å². The van der Waals surface area contributed by atoms with E-state index in [4.69, 9.17) is 16.0 Å². The average Bonchev–Trinajstić information content (AvgIpc) is 3.08. The first kappa shape index (κ1) is 15.1. The van der Waals surface area contributed by atoms with E-state index in [9.17, 15) is 4.79 Å². The molecular formula is C17H14ClN3O2. The number of halogens is 1. The molecule has 0 unspecified atom stereocenters. The number of furan rings is 1. The molecule has 0 atom stereocenters. The first-order valence-electron chi connectivity index (χ1n) is 7.00. The molecule has 0 aliphatic rings. The third-order valence-electron chi connectivity index (χ3n) is 3.13. The number of carbonyl (C=O) groups excluding carboxylic acids is 1. The van der Waals surface area contributed by atoms with Crippen molar-refractivity contribution in [3.63, 3.8) is 0 Å². The average molecular weight is 328 g/mol. The third kappa shape index (κ3) is 4.11. The number of hydrogen-bond donors (Lipinski definition) is 2. The van der Waals surface area contributed by atoms with Gasteiger partial charge in [0, 0.05) is 10.6 Å². The van der Waals surface area contributed by atoms with Gasteiger partial charge < -0.3 is 15.1 Å². The van der Waals surface area contributed by atoms with Gasteiger partial charge in [-0.3, -0.25) is 4.79 Å². The Morgan fingerprint density at radius 1 is 1.17 bits per heavy atom. The molecule has 2 aromatic heterocycles. The standard InChI is InChI=1S/C17H14ClN3O2/c18-13-4-1-3-12(9-13)17(22)21-14-6-7-16(19-10-14)20-11-15-5-2-8-23-15/h1-10H,11H2,(H,19,20)(H,21,22). The topological polar surface area (TPSA) is 67.2 Å². The molecule has 0 spiro atoms. The summed E-state index contributed by atoms with van der Waals surface area (Å²) in [6.45, 7) is 0.550. The Morgan fingerprint density at radius 2 is 2.09 bits per heavy atom. The minimum Gasteiger partial charge on any atom is -0.467 e. The van der Waals surface area contributed by atoms with Crippen LogP contribution < -0.4 is 10.6 Å². The van der Waals surface area contributed by atoms with E-state index in [-0.39, 0.29) is 5.91 Å². The third-order valence-corrected chi connectivity index (χ3v) is 3.37. The van der Waals surface area contributed by atoms with Crippen molar-refractivity contribution in [2.45, 2.75) is 6.54 Å². The van der Waals surface area contributed by atoms with Crippen molar-refractivity contribution in [3.8, 4) is 0 Å². The molecule has 1 amide bonds. The fourth-order valence-electron chi connectivity index (χ4n) is 2.00. The number of anilines is 2. The Labute approximate surface area is 138 Å².